The zero-order chi connectivity index (χ0) is 50.8. The number of aliphatic hydroxyl groups is 2. The fourth-order valence-electron chi connectivity index (χ4n) is 9.44. The van der Waals surface area contributed by atoms with E-state index in [4.69, 9.17) is 0 Å². The number of sulfonamides is 2. The van der Waals surface area contributed by atoms with Gasteiger partial charge in [-0.3, -0.25) is 19.4 Å². The Kier molecular flexibility index (Phi) is 16.7. The predicted octanol–water partition coefficient (Wildman–Crippen LogP) is 2.20. The molecule has 4 atom stereocenters. The van der Waals surface area contributed by atoms with Crippen LogP contribution in [0.4, 0.5) is 11.9 Å². The first-order valence-electron chi connectivity index (χ1n) is 23.7. The SMILES string of the molecule is CC(C)[C@@H]1C(=O)NCCN1C[C@H]1CN(S(=O)(=O)c2cccs2)CCN1c1ncc(C(C)(C)O)cn1.CC(C)[C@H]1C(=O)NCCN1C[C@H]1CN(S(=O)(=O)c2cccs2)CCN1c1ncc(C(C)(C)O)cn1. The van der Waals surface area contributed by atoms with Crippen molar-refractivity contribution in [3.05, 3.63) is 70.9 Å². The van der Waals surface area contributed by atoms with Crippen LogP contribution >= 0.6 is 22.7 Å². The zero-order valence-electron chi connectivity index (χ0n) is 41.2. The third kappa shape index (κ3) is 12.2. The van der Waals surface area contributed by atoms with Gasteiger partial charge >= 0.3 is 0 Å². The molecule has 20 nitrogen and oxygen atoms in total. The number of anilines is 2. The molecule has 0 aliphatic carbocycles. The second-order valence-electron chi connectivity index (χ2n) is 19.9. The number of hydrogen-bond donors (Lipinski definition) is 4. The molecule has 4 fully saturated rings. The second kappa shape index (κ2) is 21.9. The molecule has 384 valence electrons. The summed E-state index contributed by atoms with van der Waals surface area (Å²) in [6, 6.07) is 5.66. The van der Waals surface area contributed by atoms with Crippen LogP contribution in [-0.2, 0) is 40.8 Å². The highest BCUT2D eigenvalue weighted by atomic mass is 32.3. The fraction of sp³-hybridized carbons (Fsp3) is 0.609. The lowest BCUT2D eigenvalue weighted by atomic mass is 9.98. The van der Waals surface area contributed by atoms with Gasteiger partial charge in [-0.05, 0) is 62.4 Å². The van der Waals surface area contributed by atoms with E-state index in [1.165, 1.54) is 31.3 Å². The maximum absolute atomic E-state index is 13.3. The molecular formula is C46H68N12O8S4. The Hall–Kier alpha value is -4.24. The van der Waals surface area contributed by atoms with Crippen molar-refractivity contribution in [3.8, 4) is 0 Å². The molecule has 0 aromatic carbocycles. The summed E-state index contributed by atoms with van der Waals surface area (Å²) in [5, 5.41) is 30.0. The van der Waals surface area contributed by atoms with Gasteiger partial charge in [0.05, 0.1) is 35.4 Å². The third-order valence-corrected chi connectivity index (χ3v) is 19.6. The summed E-state index contributed by atoms with van der Waals surface area (Å²) in [6.45, 7) is 20.3. The summed E-state index contributed by atoms with van der Waals surface area (Å²) >= 11 is 2.42. The molecule has 4 aromatic rings. The molecule has 4 aliphatic heterocycles. The maximum Gasteiger partial charge on any atom is 0.252 e. The van der Waals surface area contributed by atoms with Crippen molar-refractivity contribution in [2.75, 3.05) is 88.3 Å². The molecule has 4 aromatic heterocycles. The average molecular weight is 1050 g/mol. The number of carbonyl (C=O) groups excluding carboxylic acids is 2. The second-order valence-corrected chi connectivity index (χ2v) is 26.1. The van der Waals surface area contributed by atoms with Crippen molar-refractivity contribution in [2.24, 2.45) is 11.8 Å². The Morgan fingerprint density at radius 1 is 0.614 bits per heavy atom. The van der Waals surface area contributed by atoms with Crippen LogP contribution in [0.1, 0.15) is 66.5 Å². The van der Waals surface area contributed by atoms with E-state index in [2.05, 4.69) is 40.4 Å². The number of carbonyl (C=O) groups is 2. The largest absolute Gasteiger partial charge is 0.386 e. The van der Waals surface area contributed by atoms with Crippen molar-refractivity contribution in [3.63, 3.8) is 0 Å². The average Bonchev–Trinajstić information content (AvgIpc) is 4.06. The first-order chi connectivity index (χ1) is 33.0. The van der Waals surface area contributed by atoms with Crippen LogP contribution in [0.25, 0.3) is 0 Å². The van der Waals surface area contributed by atoms with Crippen molar-refractivity contribution in [1.29, 1.82) is 0 Å². The Balaban J connectivity index is 0.000000206. The molecule has 0 bridgehead atoms. The molecule has 8 rings (SSSR count). The zero-order valence-corrected chi connectivity index (χ0v) is 44.4. The first-order valence-corrected chi connectivity index (χ1v) is 28.3. The van der Waals surface area contributed by atoms with Gasteiger partial charge in [0.25, 0.3) is 20.0 Å². The molecule has 0 saturated carbocycles. The Labute approximate surface area is 420 Å². The van der Waals surface area contributed by atoms with Crippen molar-refractivity contribution in [2.45, 2.75) is 99.2 Å². The number of nitrogens with zero attached hydrogens (tertiary/aromatic N) is 10. The monoisotopic (exact) mass is 1040 g/mol. The van der Waals surface area contributed by atoms with Gasteiger partial charge in [-0.15, -0.1) is 22.7 Å². The fourth-order valence-corrected chi connectivity index (χ4v) is 14.7. The number of nitrogens with one attached hydrogen (secondary N) is 2. The molecule has 4 aliphatic rings. The van der Waals surface area contributed by atoms with Crippen molar-refractivity contribution >= 4 is 66.4 Å². The summed E-state index contributed by atoms with van der Waals surface area (Å²) in [6.07, 6.45) is 6.44. The highest BCUT2D eigenvalue weighted by Crippen LogP contribution is 2.30. The van der Waals surface area contributed by atoms with Gasteiger partial charge in [-0.2, -0.15) is 8.61 Å². The maximum atomic E-state index is 13.3. The number of amides is 2. The van der Waals surface area contributed by atoms with Gasteiger partial charge in [0, 0.05) is 114 Å². The van der Waals surface area contributed by atoms with E-state index < -0.39 is 31.2 Å². The summed E-state index contributed by atoms with van der Waals surface area (Å²) < 4.78 is 56.9. The molecule has 4 saturated heterocycles. The number of aromatic nitrogens is 4. The highest BCUT2D eigenvalue weighted by Gasteiger charge is 2.42. The lowest BCUT2D eigenvalue weighted by molar-refractivity contribution is -0.131. The van der Waals surface area contributed by atoms with Gasteiger partial charge in [0.1, 0.15) is 8.42 Å². The van der Waals surface area contributed by atoms with Crippen LogP contribution in [0.2, 0.25) is 0 Å². The van der Waals surface area contributed by atoms with Crippen LogP contribution in [0.15, 0.2) is 68.2 Å². The Bertz CT molecular complexity index is 2410. The van der Waals surface area contributed by atoms with E-state index in [-0.39, 0.29) is 60.9 Å². The molecule has 24 heteroatoms. The van der Waals surface area contributed by atoms with E-state index >= 15 is 0 Å². The number of piperazine rings is 4. The normalized spacial score (nSPS) is 23.0. The summed E-state index contributed by atoms with van der Waals surface area (Å²) in [4.78, 5) is 51.6. The molecule has 2 amide bonds. The highest BCUT2D eigenvalue weighted by molar-refractivity contribution is 7.91. The van der Waals surface area contributed by atoms with Gasteiger partial charge in [-0.25, -0.2) is 36.8 Å². The number of thiophene rings is 2. The quantitative estimate of drug-likeness (QED) is 0.142. The van der Waals surface area contributed by atoms with Crippen LogP contribution in [0.5, 0.6) is 0 Å². The third-order valence-electron chi connectivity index (χ3n) is 13.1. The van der Waals surface area contributed by atoms with E-state index in [1.54, 1.807) is 87.5 Å². The van der Waals surface area contributed by atoms with E-state index in [9.17, 15) is 36.6 Å². The Morgan fingerprint density at radius 2 is 0.971 bits per heavy atom. The molecule has 0 radical (unpaired) electrons. The standard InChI is InChI=1S/2C23H34N6O4S2/c2*1-16(2)20-21(30)24-7-8-27(20)14-18-15-28(35(32,33)19-6-5-11-34-19)9-10-29(18)22-25-12-17(13-26-22)23(3,4)31/h2*5-6,11-13,16,18,20,31H,7-10,14-15H2,1-4H3,(H,24,30)/t18-,20+;18-,20-/m00/s1. The lowest BCUT2D eigenvalue weighted by Crippen LogP contribution is -2.64. The van der Waals surface area contributed by atoms with Crippen molar-refractivity contribution < 1.29 is 36.6 Å². The summed E-state index contributed by atoms with van der Waals surface area (Å²) in [7, 11) is -7.22. The van der Waals surface area contributed by atoms with Gasteiger partial charge < -0.3 is 30.6 Å². The number of rotatable bonds is 14. The van der Waals surface area contributed by atoms with Crippen molar-refractivity contribution in [1.82, 2.24) is 49.0 Å². The van der Waals surface area contributed by atoms with Crippen LogP contribution in [0, 0.1) is 11.8 Å². The van der Waals surface area contributed by atoms with Crippen LogP contribution in [0.3, 0.4) is 0 Å². The number of hydrogen-bond acceptors (Lipinski definition) is 18. The summed E-state index contributed by atoms with van der Waals surface area (Å²) in [5.74, 6) is 1.20. The lowest BCUT2D eigenvalue weighted by Gasteiger charge is -2.45. The van der Waals surface area contributed by atoms with Gasteiger partial charge in [0.15, 0.2) is 0 Å². The van der Waals surface area contributed by atoms with Crippen LogP contribution in [-0.4, -0.2) is 180 Å². The Morgan fingerprint density at radius 3 is 1.27 bits per heavy atom. The minimum atomic E-state index is -3.61. The minimum Gasteiger partial charge on any atom is -0.386 e. The molecule has 0 unspecified atom stereocenters. The molecule has 0 spiro atoms. The molecule has 4 N–H and O–H groups in total. The van der Waals surface area contributed by atoms with Gasteiger partial charge in [-0.1, -0.05) is 39.8 Å². The van der Waals surface area contributed by atoms with Gasteiger partial charge in [0.2, 0.25) is 23.7 Å². The predicted molar refractivity (Wildman–Crippen MR) is 269 cm³/mol. The van der Waals surface area contributed by atoms with Crippen LogP contribution < -0.4 is 20.4 Å². The molecular weight excluding hydrogens is 977 g/mol. The topological polar surface area (TPSA) is 238 Å². The summed E-state index contributed by atoms with van der Waals surface area (Å²) in [5.41, 5.74) is -0.915. The smallest absolute Gasteiger partial charge is 0.252 e. The first kappa shape index (κ1) is 53.6. The van der Waals surface area contributed by atoms with E-state index in [0.29, 0.717) is 96.9 Å². The molecule has 70 heavy (non-hydrogen) atoms. The molecule has 8 heterocycles. The minimum absolute atomic E-state index is 0.00227. The van der Waals surface area contributed by atoms with E-state index in [1.807, 2.05) is 37.5 Å². The van der Waals surface area contributed by atoms with E-state index in [0.717, 1.165) is 0 Å².